The van der Waals surface area contributed by atoms with Gasteiger partial charge in [-0.2, -0.15) is 0 Å². The molecule has 1 unspecified atom stereocenters. The van der Waals surface area contributed by atoms with Gasteiger partial charge in [-0.25, -0.2) is 0 Å². The highest BCUT2D eigenvalue weighted by Crippen LogP contribution is 2.37. The van der Waals surface area contributed by atoms with E-state index in [0.29, 0.717) is 5.75 Å². The van der Waals surface area contributed by atoms with Crippen molar-refractivity contribution in [2.75, 3.05) is 0 Å². The number of hydrogen-bond donors (Lipinski definition) is 0. The number of thioether (sulfide) groups is 1. The van der Waals surface area contributed by atoms with E-state index in [1.54, 1.807) is 11.8 Å². The molecule has 1 aliphatic heterocycles. The number of benzene rings is 2. The summed E-state index contributed by atoms with van der Waals surface area (Å²) in [5, 5.41) is -0.129. The summed E-state index contributed by atoms with van der Waals surface area (Å²) in [6.07, 6.45) is 0.754. The topological polar surface area (TPSA) is 26.3 Å². The zero-order valence-corrected chi connectivity index (χ0v) is 13.0. The van der Waals surface area contributed by atoms with E-state index in [4.69, 9.17) is 4.74 Å². The van der Waals surface area contributed by atoms with E-state index in [9.17, 15) is 4.79 Å². The SMILES string of the molecule is O=C(Oc1cccc(I)c1)C1Cc2ccccc2S1. The number of esters is 1. The average molecular weight is 382 g/mol. The van der Waals surface area contributed by atoms with Gasteiger partial charge >= 0.3 is 5.97 Å². The molecule has 1 atom stereocenters. The van der Waals surface area contributed by atoms with Crippen molar-refractivity contribution in [3.05, 3.63) is 57.7 Å². The van der Waals surface area contributed by atoms with Gasteiger partial charge in [-0.3, -0.25) is 4.79 Å². The highest BCUT2D eigenvalue weighted by molar-refractivity contribution is 14.1. The lowest BCUT2D eigenvalue weighted by atomic mass is 10.1. The molecule has 0 fully saturated rings. The Morgan fingerprint density at radius 3 is 2.84 bits per heavy atom. The van der Waals surface area contributed by atoms with Crippen LogP contribution in [0.4, 0.5) is 0 Å². The van der Waals surface area contributed by atoms with Crippen molar-refractivity contribution in [3.63, 3.8) is 0 Å². The minimum absolute atomic E-state index is 0.129. The molecule has 0 spiro atoms. The summed E-state index contributed by atoms with van der Waals surface area (Å²) in [5.74, 6) is 0.455. The fourth-order valence-electron chi connectivity index (χ4n) is 2.03. The van der Waals surface area contributed by atoms with Crippen LogP contribution in [0.25, 0.3) is 0 Å². The molecule has 1 aliphatic rings. The third-order valence-corrected chi connectivity index (χ3v) is 4.89. The van der Waals surface area contributed by atoms with Crippen LogP contribution in [-0.4, -0.2) is 11.2 Å². The van der Waals surface area contributed by atoms with Crippen LogP contribution in [0.15, 0.2) is 53.4 Å². The van der Waals surface area contributed by atoms with Crippen LogP contribution in [0.3, 0.4) is 0 Å². The first-order valence-corrected chi connectivity index (χ1v) is 7.90. The predicted octanol–water partition coefficient (Wildman–Crippen LogP) is 3.91. The second-order valence-electron chi connectivity index (χ2n) is 4.30. The Bertz CT molecular complexity index is 602. The minimum Gasteiger partial charge on any atom is -0.426 e. The van der Waals surface area contributed by atoms with Crippen LogP contribution in [-0.2, 0) is 11.2 Å². The van der Waals surface area contributed by atoms with E-state index < -0.39 is 0 Å². The van der Waals surface area contributed by atoms with E-state index in [1.165, 1.54) is 10.5 Å². The van der Waals surface area contributed by atoms with Crippen molar-refractivity contribution in [1.29, 1.82) is 0 Å². The first-order chi connectivity index (χ1) is 9.22. The zero-order chi connectivity index (χ0) is 13.2. The number of halogens is 1. The number of carbonyl (C=O) groups is 1. The summed E-state index contributed by atoms with van der Waals surface area (Å²) in [6.45, 7) is 0. The van der Waals surface area contributed by atoms with Gasteiger partial charge in [-0.05, 0) is 58.8 Å². The standard InChI is InChI=1S/C15H11IO2S/c16-11-5-3-6-12(9-11)18-15(17)14-8-10-4-1-2-7-13(10)19-14/h1-7,9,14H,8H2. The Balaban J connectivity index is 1.70. The normalized spacial score (nSPS) is 17.0. The van der Waals surface area contributed by atoms with E-state index in [0.717, 1.165) is 9.99 Å². The quantitative estimate of drug-likeness (QED) is 0.448. The van der Waals surface area contributed by atoms with Gasteiger partial charge in [0.15, 0.2) is 0 Å². The highest BCUT2D eigenvalue weighted by atomic mass is 127. The van der Waals surface area contributed by atoms with Crippen LogP contribution < -0.4 is 4.74 Å². The Labute approximate surface area is 129 Å². The molecule has 4 heteroatoms. The summed E-state index contributed by atoms with van der Waals surface area (Å²) in [4.78, 5) is 13.3. The van der Waals surface area contributed by atoms with Gasteiger partial charge in [0.05, 0.1) is 0 Å². The Hall–Kier alpha value is -1.01. The van der Waals surface area contributed by atoms with Gasteiger partial charge in [0.1, 0.15) is 11.0 Å². The van der Waals surface area contributed by atoms with Crippen molar-refractivity contribution in [3.8, 4) is 5.75 Å². The molecule has 96 valence electrons. The van der Waals surface area contributed by atoms with Gasteiger partial charge in [0, 0.05) is 8.47 Å². The fraction of sp³-hybridized carbons (Fsp3) is 0.133. The minimum atomic E-state index is -0.164. The molecule has 0 saturated carbocycles. The average Bonchev–Trinajstić information content (AvgIpc) is 2.82. The second-order valence-corrected chi connectivity index (χ2v) is 6.79. The lowest BCUT2D eigenvalue weighted by Crippen LogP contribution is -2.22. The third-order valence-electron chi connectivity index (χ3n) is 2.92. The third kappa shape index (κ3) is 2.95. The molecule has 0 aromatic heterocycles. The van der Waals surface area contributed by atoms with Crippen LogP contribution in [0.2, 0.25) is 0 Å². The Kier molecular flexibility index (Phi) is 3.79. The molecule has 3 rings (SSSR count). The van der Waals surface area contributed by atoms with Crippen LogP contribution in [0, 0.1) is 3.57 Å². The second kappa shape index (κ2) is 5.54. The first kappa shape index (κ1) is 13.0. The largest absolute Gasteiger partial charge is 0.426 e. The van der Waals surface area contributed by atoms with Crippen molar-refractivity contribution in [1.82, 2.24) is 0 Å². The van der Waals surface area contributed by atoms with Gasteiger partial charge in [-0.1, -0.05) is 24.3 Å². The molecular formula is C15H11IO2S. The van der Waals surface area contributed by atoms with Crippen molar-refractivity contribution < 1.29 is 9.53 Å². The molecular weight excluding hydrogens is 371 g/mol. The van der Waals surface area contributed by atoms with Gasteiger partial charge in [-0.15, -0.1) is 11.8 Å². The lowest BCUT2D eigenvalue weighted by Gasteiger charge is -2.08. The Morgan fingerprint density at radius 2 is 2.05 bits per heavy atom. The predicted molar refractivity (Wildman–Crippen MR) is 84.6 cm³/mol. The van der Waals surface area contributed by atoms with Crippen molar-refractivity contribution >= 4 is 40.3 Å². The summed E-state index contributed by atoms with van der Waals surface area (Å²) >= 11 is 3.80. The van der Waals surface area contributed by atoms with Crippen molar-refractivity contribution in [2.24, 2.45) is 0 Å². The molecule has 0 N–H and O–H groups in total. The molecule has 19 heavy (non-hydrogen) atoms. The number of carbonyl (C=O) groups excluding carboxylic acids is 1. The Morgan fingerprint density at radius 1 is 1.21 bits per heavy atom. The van der Waals surface area contributed by atoms with Crippen LogP contribution in [0.5, 0.6) is 5.75 Å². The highest BCUT2D eigenvalue weighted by Gasteiger charge is 2.29. The number of fused-ring (bicyclic) bond motifs is 1. The maximum absolute atomic E-state index is 12.1. The van der Waals surface area contributed by atoms with Gasteiger partial charge in [0.2, 0.25) is 0 Å². The molecule has 0 bridgehead atoms. The molecule has 0 saturated heterocycles. The summed E-state index contributed by atoms with van der Waals surface area (Å²) in [5.41, 5.74) is 1.23. The number of hydrogen-bond acceptors (Lipinski definition) is 3. The van der Waals surface area contributed by atoms with E-state index in [2.05, 4.69) is 34.7 Å². The molecule has 2 nitrogen and oxygen atoms in total. The monoisotopic (exact) mass is 382 g/mol. The molecule has 2 aromatic rings. The van der Waals surface area contributed by atoms with Gasteiger partial charge < -0.3 is 4.74 Å². The van der Waals surface area contributed by atoms with Crippen LogP contribution in [0.1, 0.15) is 5.56 Å². The smallest absolute Gasteiger partial charge is 0.325 e. The van der Waals surface area contributed by atoms with Crippen LogP contribution >= 0.6 is 34.4 Å². The summed E-state index contributed by atoms with van der Waals surface area (Å²) < 4.78 is 6.51. The maximum atomic E-state index is 12.1. The lowest BCUT2D eigenvalue weighted by molar-refractivity contribution is -0.133. The van der Waals surface area contributed by atoms with E-state index in [1.807, 2.05) is 36.4 Å². The van der Waals surface area contributed by atoms with E-state index >= 15 is 0 Å². The molecule has 2 aromatic carbocycles. The zero-order valence-electron chi connectivity index (χ0n) is 10.0. The maximum Gasteiger partial charge on any atom is 0.325 e. The summed E-state index contributed by atoms with van der Waals surface area (Å²) in [6, 6.07) is 15.7. The molecule has 0 radical (unpaired) electrons. The number of ether oxygens (including phenoxy) is 1. The van der Waals surface area contributed by atoms with Crippen molar-refractivity contribution in [2.45, 2.75) is 16.6 Å². The number of rotatable bonds is 2. The fourth-order valence-corrected chi connectivity index (χ4v) is 3.71. The van der Waals surface area contributed by atoms with E-state index in [-0.39, 0.29) is 11.2 Å². The summed E-state index contributed by atoms with van der Waals surface area (Å²) in [7, 11) is 0. The molecule has 0 amide bonds. The first-order valence-electron chi connectivity index (χ1n) is 5.94. The molecule has 0 aliphatic carbocycles. The molecule has 1 heterocycles. The van der Waals surface area contributed by atoms with Gasteiger partial charge in [0.25, 0.3) is 0 Å².